The average Bonchev–Trinajstić information content (AvgIpc) is 2.64. The van der Waals surface area contributed by atoms with Crippen molar-refractivity contribution < 1.29 is 13.2 Å². The summed E-state index contributed by atoms with van der Waals surface area (Å²) in [6.45, 7) is 10.0. The molecule has 2 heterocycles. The molecule has 1 aromatic heterocycles. The van der Waals surface area contributed by atoms with Gasteiger partial charge in [-0.3, -0.25) is 9.71 Å². The van der Waals surface area contributed by atoms with Gasteiger partial charge in [0, 0.05) is 6.20 Å². The lowest BCUT2D eigenvalue weighted by Gasteiger charge is -2.35. The molecule has 0 unspecified atom stereocenters. The molecule has 0 bridgehead atoms. The minimum Gasteiger partial charge on any atom is -0.487 e. The molecular formula is C21H27N3O3S2. The molecule has 2 aromatic rings. The molecule has 156 valence electrons. The first-order valence-electron chi connectivity index (χ1n) is 9.54. The molecule has 1 aromatic carbocycles. The van der Waals surface area contributed by atoms with Gasteiger partial charge in [0.2, 0.25) is 0 Å². The number of benzene rings is 1. The number of pyridine rings is 1. The van der Waals surface area contributed by atoms with Crippen molar-refractivity contribution in [3.8, 4) is 5.75 Å². The summed E-state index contributed by atoms with van der Waals surface area (Å²) in [5.41, 5.74) is 3.72. The highest BCUT2D eigenvalue weighted by Gasteiger charge is 2.33. The maximum absolute atomic E-state index is 13.2. The van der Waals surface area contributed by atoms with Crippen molar-refractivity contribution in [2.75, 3.05) is 0 Å². The molecule has 0 saturated carbocycles. The summed E-state index contributed by atoms with van der Waals surface area (Å²) in [5.74, 6) is 0.811. The molecule has 6 nitrogen and oxygen atoms in total. The quantitative estimate of drug-likeness (QED) is 0.719. The van der Waals surface area contributed by atoms with Crippen LogP contribution in [0.2, 0.25) is 0 Å². The summed E-state index contributed by atoms with van der Waals surface area (Å²) >= 11 is 5.22. The van der Waals surface area contributed by atoms with Gasteiger partial charge in [0.1, 0.15) is 11.4 Å². The van der Waals surface area contributed by atoms with Crippen LogP contribution >= 0.6 is 12.2 Å². The van der Waals surface area contributed by atoms with Crippen molar-refractivity contribution in [1.29, 1.82) is 0 Å². The average molecular weight is 434 g/mol. The maximum atomic E-state index is 13.2. The summed E-state index contributed by atoms with van der Waals surface area (Å²) in [6.07, 6.45) is 3.29. The Morgan fingerprint density at radius 3 is 2.59 bits per heavy atom. The lowest BCUT2D eigenvalue weighted by atomic mass is 9.88. The van der Waals surface area contributed by atoms with E-state index in [0.29, 0.717) is 12.1 Å². The second-order valence-electron chi connectivity index (χ2n) is 7.98. The molecular weight excluding hydrogens is 406 g/mol. The number of nitrogens with one attached hydrogen (secondary N) is 2. The second-order valence-corrected chi connectivity index (χ2v) is 10.0. The van der Waals surface area contributed by atoms with E-state index in [0.717, 1.165) is 41.0 Å². The van der Waals surface area contributed by atoms with Crippen molar-refractivity contribution in [3.63, 3.8) is 0 Å². The van der Waals surface area contributed by atoms with Gasteiger partial charge >= 0.3 is 0 Å². The van der Waals surface area contributed by atoms with Crippen LogP contribution in [0, 0.1) is 20.8 Å². The van der Waals surface area contributed by atoms with Gasteiger partial charge in [0.05, 0.1) is 17.1 Å². The van der Waals surface area contributed by atoms with Crippen LogP contribution in [-0.4, -0.2) is 24.1 Å². The third-order valence-electron chi connectivity index (χ3n) is 5.32. The first kappa shape index (κ1) is 21.5. The zero-order valence-corrected chi connectivity index (χ0v) is 19.1. The molecule has 0 aliphatic carbocycles. The number of nitrogens with zero attached hydrogens (tertiary/aromatic N) is 1. The minimum absolute atomic E-state index is 0.0437. The first-order chi connectivity index (χ1) is 13.5. The number of ether oxygens (including phenoxy) is 1. The van der Waals surface area contributed by atoms with Gasteiger partial charge < -0.3 is 10.1 Å². The third kappa shape index (κ3) is 4.53. The molecule has 0 atom stereocenters. The van der Waals surface area contributed by atoms with E-state index in [4.69, 9.17) is 17.0 Å². The van der Waals surface area contributed by atoms with Crippen LogP contribution in [0.1, 0.15) is 48.2 Å². The zero-order valence-electron chi connectivity index (χ0n) is 17.4. The molecule has 0 spiro atoms. The van der Waals surface area contributed by atoms with Crippen LogP contribution in [0.25, 0.3) is 0 Å². The van der Waals surface area contributed by atoms with E-state index in [9.17, 15) is 8.42 Å². The van der Waals surface area contributed by atoms with Gasteiger partial charge in [0.15, 0.2) is 5.11 Å². The summed E-state index contributed by atoms with van der Waals surface area (Å²) < 4.78 is 35.0. The second kappa shape index (κ2) is 7.91. The fourth-order valence-electron chi connectivity index (χ4n) is 3.63. The van der Waals surface area contributed by atoms with E-state index < -0.39 is 10.0 Å². The van der Waals surface area contributed by atoms with Gasteiger partial charge in [0.25, 0.3) is 10.0 Å². The molecule has 2 N–H and O–H groups in total. The van der Waals surface area contributed by atoms with E-state index in [1.54, 1.807) is 6.20 Å². The fourth-order valence-corrected chi connectivity index (χ4v) is 5.54. The highest BCUT2D eigenvalue weighted by atomic mass is 32.2. The smallest absolute Gasteiger partial charge is 0.264 e. The van der Waals surface area contributed by atoms with Gasteiger partial charge in [-0.15, -0.1) is 0 Å². The van der Waals surface area contributed by atoms with E-state index in [-0.39, 0.29) is 15.6 Å². The summed E-state index contributed by atoms with van der Waals surface area (Å²) in [6, 6.07) is 5.52. The lowest BCUT2D eigenvalue weighted by Crippen LogP contribution is -2.40. The van der Waals surface area contributed by atoms with E-state index in [1.165, 1.54) is 0 Å². The van der Waals surface area contributed by atoms with Crippen LogP contribution in [0.3, 0.4) is 0 Å². The number of hydrogen-bond donors (Lipinski definition) is 2. The fraction of sp³-hybridized carbons (Fsp3) is 0.429. The van der Waals surface area contributed by atoms with Crippen LogP contribution in [0.4, 0.5) is 0 Å². The van der Waals surface area contributed by atoms with Crippen LogP contribution in [0.5, 0.6) is 5.75 Å². The number of fused-ring (bicyclic) bond motifs is 1. The topological polar surface area (TPSA) is 80.3 Å². The van der Waals surface area contributed by atoms with Crippen molar-refractivity contribution in [2.45, 2.75) is 64.5 Å². The Morgan fingerprint density at radius 2 is 1.93 bits per heavy atom. The molecule has 8 heteroatoms. The molecule has 1 aliphatic heterocycles. The molecule has 0 amide bonds. The first-order valence-corrected chi connectivity index (χ1v) is 11.4. The van der Waals surface area contributed by atoms with Crippen molar-refractivity contribution in [1.82, 2.24) is 15.0 Å². The number of rotatable bonds is 4. The number of sulfonamides is 1. The van der Waals surface area contributed by atoms with E-state index in [2.05, 4.69) is 28.9 Å². The van der Waals surface area contributed by atoms with Crippen LogP contribution in [0.15, 0.2) is 29.3 Å². The monoisotopic (exact) mass is 433 g/mol. The zero-order chi connectivity index (χ0) is 21.4. The predicted molar refractivity (Wildman–Crippen MR) is 118 cm³/mol. The molecule has 29 heavy (non-hydrogen) atoms. The van der Waals surface area contributed by atoms with Gasteiger partial charge in [-0.25, -0.2) is 8.42 Å². The minimum atomic E-state index is -3.84. The Hall–Kier alpha value is -2.19. The molecule has 0 saturated heterocycles. The van der Waals surface area contributed by atoms with Gasteiger partial charge in [-0.05, 0) is 94.1 Å². The van der Waals surface area contributed by atoms with Gasteiger partial charge in [-0.2, -0.15) is 0 Å². The van der Waals surface area contributed by atoms with Crippen LogP contribution in [-0.2, 0) is 23.0 Å². The van der Waals surface area contributed by atoms with Crippen molar-refractivity contribution >= 4 is 27.4 Å². The van der Waals surface area contributed by atoms with Gasteiger partial charge in [-0.1, -0.05) is 6.07 Å². The Kier molecular flexibility index (Phi) is 5.87. The largest absolute Gasteiger partial charge is 0.487 e. The Labute approximate surface area is 178 Å². The molecule has 0 radical (unpaired) electrons. The highest BCUT2D eigenvalue weighted by molar-refractivity contribution is 7.92. The third-order valence-corrected chi connectivity index (χ3v) is 7.32. The molecule has 1 aliphatic rings. The summed E-state index contributed by atoms with van der Waals surface area (Å²) in [7, 11) is -3.84. The Balaban J connectivity index is 1.87. The standard InChI is InChI=1S/C21H27N3O3S2/c1-13-14(2)19(15(3)17-9-10-21(4,5)27-18(13)17)29(25,26)24-20(28)23-12-16-8-6-7-11-22-16/h6-8,11H,9-10,12H2,1-5H3,(H2,23,24,28). The number of thiocarbonyl (C=S) groups is 1. The van der Waals surface area contributed by atoms with E-state index >= 15 is 0 Å². The van der Waals surface area contributed by atoms with E-state index in [1.807, 2.05) is 39.0 Å². The number of hydrogen-bond acceptors (Lipinski definition) is 5. The number of aromatic nitrogens is 1. The molecule has 3 rings (SSSR count). The highest BCUT2D eigenvalue weighted by Crippen LogP contribution is 2.42. The molecule has 0 fully saturated rings. The van der Waals surface area contributed by atoms with Crippen molar-refractivity contribution in [3.05, 3.63) is 52.3 Å². The van der Waals surface area contributed by atoms with Crippen LogP contribution < -0.4 is 14.8 Å². The van der Waals surface area contributed by atoms with Crippen molar-refractivity contribution in [2.24, 2.45) is 0 Å². The SMILES string of the molecule is Cc1c(C)c(S(=O)(=O)NC(=S)NCc2ccccn2)c(C)c2c1OC(C)(C)CC2. The Morgan fingerprint density at radius 1 is 1.21 bits per heavy atom. The lowest BCUT2D eigenvalue weighted by molar-refractivity contribution is 0.0832. The summed E-state index contributed by atoms with van der Waals surface area (Å²) in [5, 5.41) is 2.95. The maximum Gasteiger partial charge on any atom is 0.264 e. The normalized spacial score (nSPS) is 15.2. The Bertz CT molecular complexity index is 1050. The summed E-state index contributed by atoms with van der Waals surface area (Å²) in [4.78, 5) is 4.47. The predicted octanol–water partition coefficient (Wildman–Crippen LogP) is 3.46.